The molecule has 3 heterocycles. The van der Waals surface area contributed by atoms with E-state index in [4.69, 9.17) is 23.2 Å². The van der Waals surface area contributed by atoms with Gasteiger partial charge in [0, 0.05) is 6.54 Å². The molecule has 2 aliphatic heterocycles. The average molecular weight is 422 g/mol. The van der Waals surface area contributed by atoms with Crippen LogP contribution in [0, 0.1) is 5.92 Å². The van der Waals surface area contributed by atoms with Gasteiger partial charge >= 0.3 is 6.18 Å². The molecule has 144 valence electrons. The molecule has 0 bridgehead atoms. The molecular weight excluding hydrogens is 410 g/mol. The lowest BCUT2D eigenvalue weighted by Gasteiger charge is -2.32. The molecule has 12 heteroatoms. The number of aromatic nitrogens is 2. The Labute approximate surface area is 160 Å². The van der Waals surface area contributed by atoms with Crippen LogP contribution in [0.15, 0.2) is 12.1 Å². The summed E-state index contributed by atoms with van der Waals surface area (Å²) in [6.45, 7) is 0.747. The fourth-order valence-electron chi connectivity index (χ4n) is 3.39. The Morgan fingerprint density at radius 2 is 2.04 bits per heavy atom. The summed E-state index contributed by atoms with van der Waals surface area (Å²) in [6, 6.07) is 2.47. The zero-order valence-corrected chi connectivity index (χ0v) is 15.0. The molecule has 7 nitrogen and oxygen atoms in total. The zero-order chi connectivity index (χ0) is 19.6. The number of carbonyl (C=O) groups excluding carboxylic acids is 2. The van der Waals surface area contributed by atoms with Gasteiger partial charge in [0.25, 0.3) is 11.6 Å². The molecule has 4 rings (SSSR count). The smallest absolute Gasteiger partial charge is 0.317 e. The summed E-state index contributed by atoms with van der Waals surface area (Å²) in [7, 11) is 0. The molecule has 2 amide bonds. The van der Waals surface area contributed by atoms with Crippen molar-refractivity contribution in [1.82, 2.24) is 20.2 Å². The van der Waals surface area contributed by atoms with Crippen molar-refractivity contribution < 1.29 is 22.8 Å². The van der Waals surface area contributed by atoms with E-state index in [9.17, 15) is 22.8 Å². The number of hydrogen-bond donors (Lipinski definition) is 3. The molecule has 3 N–H and O–H groups in total. The lowest BCUT2D eigenvalue weighted by molar-refractivity contribution is -0.218. The van der Waals surface area contributed by atoms with Crippen LogP contribution in [-0.2, 0) is 15.3 Å². The molecule has 1 aromatic carbocycles. The summed E-state index contributed by atoms with van der Waals surface area (Å²) in [4.78, 5) is 28.9. The van der Waals surface area contributed by atoms with E-state index in [-0.39, 0.29) is 33.6 Å². The first kappa shape index (κ1) is 18.3. The number of fused-ring (bicyclic) bond motifs is 3. The van der Waals surface area contributed by atoms with Gasteiger partial charge in [0.05, 0.1) is 27.0 Å². The third-order valence-corrected chi connectivity index (χ3v) is 5.45. The first-order valence-electron chi connectivity index (χ1n) is 7.94. The van der Waals surface area contributed by atoms with E-state index in [1.807, 2.05) is 5.32 Å². The van der Waals surface area contributed by atoms with E-state index >= 15 is 0 Å². The van der Waals surface area contributed by atoms with Crippen molar-refractivity contribution in [2.75, 3.05) is 18.4 Å². The Morgan fingerprint density at radius 1 is 1.33 bits per heavy atom. The summed E-state index contributed by atoms with van der Waals surface area (Å²) in [5, 5.41) is 7.02. The highest BCUT2D eigenvalue weighted by Crippen LogP contribution is 2.45. The van der Waals surface area contributed by atoms with Crippen LogP contribution in [-0.4, -0.2) is 40.6 Å². The second-order valence-corrected chi connectivity index (χ2v) is 7.18. The van der Waals surface area contributed by atoms with Crippen molar-refractivity contribution in [3.05, 3.63) is 22.2 Å². The third kappa shape index (κ3) is 2.58. The Morgan fingerprint density at radius 3 is 2.67 bits per heavy atom. The van der Waals surface area contributed by atoms with E-state index in [2.05, 4.69) is 15.6 Å². The van der Waals surface area contributed by atoms with Gasteiger partial charge in [-0.15, -0.1) is 0 Å². The van der Waals surface area contributed by atoms with Crippen molar-refractivity contribution in [1.29, 1.82) is 0 Å². The number of anilines is 1. The summed E-state index contributed by atoms with van der Waals surface area (Å²) in [5.74, 6) is -3.34. The summed E-state index contributed by atoms with van der Waals surface area (Å²) >= 11 is 11.8. The van der Waals surface area contributed by atoms with Crippen LogP contribution in [0.3, 0.4) is 0 Å². The number of nitrogens with one attached hydrogen (secondary N) is 3. The number of amides is 2. The van der Waals surface area contributed by atoms with Gasteiger partial charge in [-0.05, 0) is 25.1 Å². The van der Waals surface area contributed by atoms with Crippen LogP contribution in [0.4, 0.5) is 19.1 Å². The minimum Gasteiger partial charge on any atom is -0.317 e. The number of benzene rings is 1. The lowest BCUT2D eigenvalue weighted by Crippen LogP contribution is -2.64. The van der Waals surface area contributed by atoms with Gasteiger partial charge in [-0.25, -0.2) is 4.98 Å². The fraction of sp³-hybridized carbons (Fsp3) is 0.400. The highest BCUT2D eigenvalue weighted by atomic mass is 35.5. The largest absolute Gasteiger partial charge is 0.440 e. The molecule has 0 aliphatic carbocycles. The average Bonchev–Trinajstić information content (AvgIpc) is 3.25. The minimum absolute atomic E-state index is 0.00592. The molecule has 2 aromatic rings. The topological polar surface area (TPSA) is 88.1 Å². The first-order chi connectivity index (χ1) is 12.6. The highest BCUT2D eigenvalue weighted by molar-refractivity contribution is 6.42. The maximum atomic E-state index is 14.2. The normalized spacial score (nSPS) is 24.9. The van der Waals surface area contributed by atoms with Crippen molar-refractivity contribution in [3.63, 3.8) is 0 Å². The van der Waals surface area contributed by atoms with Crippen molar-refractivity contribution in [2.24, 2.45) is 5.92 Å². The van der Waals surface area contributed by atoms with Gasteiger partial charge in [0.15, 0.2) is 0 Å². The van der Waals surface area contributed by atoms with Crippen LogP contribution >= 0.6 is 23.2 Å². The quantitative estimate of drug-likeness (QED) is 0.693. The fourth-order valence-corrected chi connectivity index (χ4v) is 3.70. The molecule has 1 unspecified atom stereocenters. The van der Waals surface area contributed by atoms with Crippen LogP contribution in [0.5, 0.6) is 0 Å². The zero-order valence-electron chi connectivity index (χ0n) is 13.5. The Hall–Kier alpha value is -2.04. The van der Waals surface area contributed by atoms with Crippen LogP contribution in [0.1, 0.15) is 6.42 Å². The Balaban J connectivity index is 1.91. The molecule has 1 aromatic heterocycles. The predicted octanol–water partition coefficient (Wildman–Crippen LogP) is 2.24. The standard InChI is InChI=1S/C15H12Cl2F3N5O2/c16-7-3-9-10(4-8(7)17)25-13(22-9)23-12(27)14(25,15(18,19)20)24-11(26)6-1-2-21-5-6/h3-4,6,21H,1-2,5H2,(H,24,26)(H,22,23,27)/t6-,14?/m1/s1. The van der Waals surface area contributed by atoms with Gasteiger partial charge in [-0.2, -0.15) is 13.2 Å². The van der Waals surface area contributed by atoms with Gasteiger partial charge in [-0.1, -0.05) is 23.2 Å². The Bertz CT molecular complexity index is 970. The van der Waals surface area contributed by atoms with E-state index in [1.54, 1.807) is 0 Å². The van der Waals surface area contributed by atoms with E-state index < -0.39 is 29.6 Å². The van der Waals surface area contributed by atoms with Crippen molar-refractivity contribution in [2.45, 2.75) is 18.3 Å². The van der Waals surface area contributed by atoms with E-state index in [0.717, 1.165) is 0 Å². The first-order valence-corrected chi connectivity index (χ1v) is 8.69. The minimum atomic E-state index is -5.14. The number of nitrogens with zero attached hydrogens (tertiary/aromatic N) is 2. The molecule has 27 heavy (non-hydrogen) atoms. The van der Waals surface area contributed by atoms with Crippen LogP contribution in [0.25, 0.3) is 11.0 Å². The number of carbonyl (C=O) groups is 2. The second-order valence-electron chi connectivity index (χ2n) is 6.37. The van der Waals surface area contributed by atoms with Crippen molar-refractivity contribution in [3.8, 4) is 0 Å². The van der Waals surface area contributed by atoms with Crippen LogP contribution < -0.4 is 16.0 Å². The number of alkyl halides is 3. The maximum absolute atomic E-state index is 14.2. The molecule has 0 radical (unpaired) electrons. The molecular formula is C15H12Cl2F3N5O2. The van der Waals surface area contributed by atoms with Crippen molar-refractivity contribution >= 4 is 52.0 Å². The number of halogens is 5. The van der Waals surface area contributed by atoms with E-state index in [1.165, 1.54) is 12.1 Å². The maximum Gasteiger partial charge on any atom is 0.440 e. The monoisotopic (exact) mass is 421 g/mol. The highest BCUT2D eigenvalue weighted by Gasteiger charge is 2.68. The summed E-state index contributed by atoms with van der Waals surface area (Å²) in [6.07, 6.45) is -4.76. The molecule has 2 atom stereocenters. The number of rotatable bonds is 2. The van der Waals surface area contributed by atoms with Gasteiger partial charge in [0.1, 0.15) is 0 Å². The second kappa shape index (κ2) is 5.98. The third-order valence-electron chi connectivity index (χ3n) is 4.73. The number of hydrogen-bond acceptors (Lipinski definition) is 4. The summed E-state index contributed by atoms with van der Waals surface area (Å²) < 4.78 is 43.2. The van der Waals surface area contributed by atoms with Gasteiger partial charge in [0.2, 0.25) is 11.9 Å². The number of imidazole rings is 1. The van der Waals surface area contributed by atoms with Gasteiger partial charge < -0.3 is 10.6 Å². The molecule has 0 saturated carbocycles. The molecule has 1 fully saturated rings. The Kier molecular flexibility index (Phi) is 4.06. The van der Waals surface area contributed by atoms with E-state index in [0.29, 0.717) is 17.5 Å². The van der Waals surface area contributed by atoms with Crippen LogP contribution in [0.2, 0.25) is 10.0 Å². The molecule has 0 spiro atoms. The SMILES string of the molecule is O=C(NC1(C(F)(F)F)C(=O)Nc2nc3cc(Cl)c(Cl)cc3n21)[C@@H]1CCNC1. The lowest BCUT2D eigenvalue weighted by atomic mass is 10.0. The molecule has 2 aliphatic rings. The summed E-state index contributed by atoms with van der Waals surface area (Å²) in [5.41, 5.74) is -3.31. The predicted molar refractivity (Wildman–Crippen MR) is 91.5 cm³/mol. The molecule has 1 saturated heterocycles. The van der Waals surface area contributed by atoms with Gasteiger partial charge in [-0.3, -0.25) is 19.5 Å².